The van der Waals surface area contributed by atoms with Gasteiger partial charge in [0, 0.05) is 11.0 Å². The molecule has 1 aromatic carbocycles. The van der Waals surface area contributed by atoms with E-state index in [-0.39, 0.29) is 0 Å². The van der Waals surface area contributed by atoms with Crippen molar-refractivity contribution < 1.29 is 4.74 Å². The maximum Gasteiger partial charge on any atom is 0.122 e. The Hall–Kier alpha value is -0.980. The van der Waals surface area contributed by atoms with Crippen LogP contribution in [0.25, 0.3) is 0 Å². The lowest BCUT2D eigenvalue weighted by Gasteiger charge is -2.09. The first kappa shape index (κ1) is 12.1. The van der Waals surface area contributed by atoms with E-state index in [9.17, 15) is 0 Å². The van der Waals surface area contributed by atoms with Crippen LogP contribution in [0.15, 0.2) is 22.7 Å². The molecule has 0 unspecified atom stereocenters. The summed E-state index contributed by atoms with van der Waals surface area (Å²) in [6.07, 6.45) is 5.10. The minimum atomic E-state index is 0.586. The monoisotopic (exact) mass is 267 g/mol. The molecule has 1 rings (SSSR count). The van der Waals surface area contributed by atoms with Crippen molar-refractivity contribution in [1.29, 1.82) is 0 Å². The SMILES string of the molecule is C#CCNCCOc1ccc(Br)cc1C. The van der Waals surface area contributed by atoms with Crippen LogP contribution in [0.1, 0.15) is 5.56 Å². The van der Waals surface area contributed by atoms with Gasteiger partial charge in [-0.2, -0.15) is 0 Å². The van der Waals surface area contributed by atoms with E-state index in [4.69, 9.17) is 11.2 Å². The Bertz CT molecular complexity index is 357. The second-order valence-corrected chi connectivity index (χ2v) is 4.05. The van der Waals surface area contributed by atoms with Crippen LogP contribution in [0.2, 0.25) is 0 Å². The van der Waals surface area contributed by atoms with Crippen LogP contribution in [0.3, 0.4) is 0 Å². The lowest BCUT2D eigenvalue weighted by atomic mass is 10.2. The van der Waals surface area contributed by atoms with Gasteiger partial charge in [-0.1, -0.05) is 21.9 Å². The Morgan fingerprint density at radius 3 is 3.00 bits per heavy atom. The van der Waals surface area contributed by atoms with Crippen molar-refractivity contribution in [3.8, 4) is 18.1 Å². The molecule has 0 radical (unpaired) electrons. The summed E-state index contributed by atoms with van der Waals surface area (Å²) in [5, 5.41) is 3.07. The van der Waals surface area contributed by atoms with Crippen LogP contribution in [-0.2, 0) is 0 Å². The molecule has 0 amide bonds. The third-order valence-corrected chi connectivity index (χ3v) is 2.39. The van der Waals surface area contributed by atoms with Crippen LogP contribution in [-0.4, -0.2) is 19.7 Å². The minimum absolute atomic E-state index is 0.586. The molecule has 0 spiro atoms. The Morgan fingerprint density at radius 2 is 2.33 bits per heavy atom. The summed E-state index contributed by atoms with van der Waals surface area (Å²) >= 11 is 3.41. The molecule has 0 saturated heterocycles. The van der Waals surface area contributed by atoms with Crippen LogP contribution in [0.5, 0.6) is 5.75 Å². The van der Waals surface area contributed by atoms with E-state index in [2.05, 4.69) is 27.2 Å². The van der Waals surface area contributed by atoms with Gasteiger partial charge in [-0.05, 0) is 30.7 Å². The predicted octanol–water partition coefficient (Wildman–Crippen LogP) is 2.36. The van der Waals surface area contributed by atoms with E-state index in [0.717, 1.165) is 22.3 Å². The van der Waals surface area contributed by atoms with Crippen LogP contribution >= 0.6 is 15.9 Å². The van der Waals surface area contributed by atoms with E-state index < -0.39 is 0 Å². The molecule has 0 bridgehead atoms. The fourth-order valence-corrected chi connectivity index (χ4v) is 1.64. The molecule has 15 heavy (non-hydrogen) atoms. The van der Waals surface area contributed by atoms with Gasteiger partial charge >= 0.3 is 0 Å². The van der Waals surface area contributed by atoms with Gasteiger partial charge in [-0.15, -0.1) is 6.42 Å². The zero-order chi connectivity index (χ0) is 11.1. The molecule has 3 heteroatoms. The minimum Gasteiger partial charge on any atom is -0.492 e. The summed E-state index contributed by atoms with van der Waals surface area (Å²) in [6.45, 7) is 4.00. The molecule has 0 saturated carbocycles. The summed E-state index contributed by atoms with van der Waals surface area (Å²) in [5.74, 6) is 3.43. The van der Waals surface area contributed by atoms with Crippen LogP contribution < -0.4 is 10.1 Å². The Balaban J connectivity index is 2.35. The van der Waals surface area contributed by atoms with Gasteiger partial charge in [0.2, 0.25) is 0 Å². The van der Waals surface area contributed by atoms with E-state index >= 15 is 0 Å². The van der Waals surface area contributed by atoms with Gasteiger partial charge in [0.25, 0.3) is 0 Å². The number of benzene rings is 1. The average Bonchev–Trinajstić information content (AvgIpc) is 2.20. The molecular formula is C12H14BrNO. The van der Waals surface area contributed by atoms with Gasteiger partial charge in [-0.25, -0.2) is 0 Å². The Labute approximate surface area is 99.2 Å². The van der Waals surface area contributed by atoms with Crippen molar-refractivity contribution in [2.45, 2.75) is 6.92 Å². The highest BCUT2D eigenvalue weighted by atomic mass is 79.9. The van der Waals surface area contributed by atoms with E-state index in [1.807, 2.05) is 25.1 Å². The number of ether oxygens (including phenoxy) is 1. The topological polar surface area (TPSA) is 21.3 Å². The number of nitrogens with one attached hydrogen (secondary N) is 1. The Kier molecular flexibility index (Phi) is 5.23. The molecule has 0 aliphatic rings. The van der Waals surface area contributed by atoms with Gasteiger partial charge in [-0.3, -0.25) is 0 Å². The number of terminal acetylenes is 1. The lowest BCUT2D eigenvalue weighted by molar-refractivity contribution is 0.314. The summed E-state index contributed by atoms with van der Waals surface area (Å²) in [7, 11) is 0. The van der Waals surface area contributed by atoms with Crippen molar-refractivity contribution in [3.05, 3.63) is 28.2 Å². The molecular weight excluding hydrogens is 254 g/mol. The van der Waals surface area contributed by atoms with Gasteiger partial charge in [0.15, 0.2) is 0 Å². The number of rotatable bonds is 5. The van der Waals surface area contributed by atoms with E-state index in [0.29, 0.717) is 13.2 Å². The van der Waals surface area contributed by atoms with Crippen LogP contribution in [0.4, 0.5) is 0 Å². The van der Waals surface area contributed by atoms with Crippen LogP contribution in [0, 0.1) is 19.3 Å². The highest BCUT2D eigenvalue weighted by Crippen LogP contribution is 2.21. The fourth-order valence-electron chi connectivity index (χ4n) is 1.17. The van der Waals surface area contributed by atoms with Crippen molar-refractivity contribution >= 4 is 15.9 Å². The van der Waals surface area contributed by atoms with Gasteiger partial charge < -0.3 is 10.1 Å². The fraction of sp³-hybridized carbons (Fsp3) is 0.333. The third-order valence-electron chi connectivity index (χ3n) is 1.90. The second kappa shape index (κ2) is 6.49. The van der Waals surface area contributed by atoms with E-state index in [1.54, 1.807) is 0 Å². The molecule has 0 atom stereocenters. The van der Waals surface area contributed by atoms with Crippen molar-refractivity contribution in [3.63, 3.8) is 0 Å². The van der Waals surface area contributed by atoms with Gasteiger partial charge in [0.05, 0.1) is 6.54 Å². The summed E-state index contributed by atoms with van der Waals surface area (Å²) in [5.41, 5.74) is 1.13. The quantitative estimate of drug-likeness (QED) is 0.654. The first-order chi connectivity index (χ1) is 7.24. The maximum atomic E-state index is 5.59. The smallest absolute Gasteiger partial charge is 0.122 e. The molecule has 0 heterocycles. The molecule has 80 valence electrons. The average molecular weight is 268 g/mol. The lowest BCUT2D eigenvalue weighted by Crippen LogP contribution is -2.21. The van der Waals surface area contributed by atoms with E-state index in [1.165, 1.54) is 0 Å². The van der Waals surface area contributed by atoms with Crippen molar-refractivity contribution in [2.75, 3.05) is 19.7 Å². The first-order valence-corrected chi connectivity index (χ1v) is 5.56. The Morgan fingerprint density at radius 1 is 1.53 bits per heavy atom. The molecule has 0 aromatic heterocycles. The molecule has 1 aromatic rings. The number of aryl methyl sites for hydroxylation is 1. The standard InChI is InChI=1S/C12H14BrNO/c1-3-6-14-7-8-15-12-5-4-11(13)9-10(12)2/h1,4-5,9,14H,6-8H2,2H3. The number of halogens is 1. The molecule has 0 aliphatic heterocycles. The summed E-state index contributed by atoms with van der Waals surface area (Å²) < 4.78 is 6.65. The largest absolute Gasteiger partial charge is 0.492 e. The predicted molar refractivity (Wildman–Crippen MR) is 66.1 cm³/mol. The molecule has 1 N–H and O–H groups in total. The number of hydrogen-bond donors (Lipinski definition) is 1. The normalized spacial score (nSPS) is 9.67. The van der Waals surface area contributed by atoms with Crippen molar-refractivity contribution in [1.82, 2.24) is 5.32 Å². The van der Waals surface area contributed by atoms with Crippen molar-refractivity contribution in [2.24, 2.45) is 0 Å². The molecule has 0 fully saturated rings. The zero-order valence-electron chi connectivity index (χ0n) is 8.72. The molecule has 0 aliphatic carbocycles. The molecule has 2 nitrogen and oxygen atoms in total. The summed E-state index contributed by atoms with van der Waals surface area (Å²) in [6, 6.07) is 5.96. The highest BCUT2D eigenvalue weighted by Gasteiger charge is 1.99. The first-order valence-electron chi connectivity index (χ1n) is 4.77. The van der Waals surface area contributed by atoms with Gasteiger partial charge in [0.1, 0.15) is 12.4 Å². The second-order valence-electron chi connectivity index (χ2n) is 3.14. The third kappa shape index (κ3) is 4.37. The highest BCUT2D eigenvalue weighted by molar-refractivity contribution is 9.10. The maximum absolute atomic E-state index is 5.59. The number of hydrogen-bond acceptors (Lipinski definition) is 2. The zero-order valence-corrected chi connectivity index (χ0v) is 10.3. The summed E-state index contributed by atoms with van der Waals surface area (Å²) in [4.78, 5) is 0.